The van der Waals surface area contributed by atoms with Crippen molar-refractivity contribution in [2.24, 2.45) is 10.5 Å². The molecule has 2 atom stereocenters. The molecule has 0 saturated carbocycles. The first-order valence-corrected chi connectivity index (χ1v) is 8.86. The van der Waals surface area contributed by atoms with Crippen LogP contribution in [0.1, 0.15) is 37.8 Å². The standard InChI is InChI=1S/C18H21F3N4O2/c1-9(17(3)7-22-8-17)11-4-13-14(5-12(11)18(19,20)21)27-6-15-23-24-16(26)10(2)25(13)15/h4-5,9-10,22H,6-8H2,1-3H3,(H,24,26)/t9-,10?/m1/s1. The molecule has 2 N–H and O–H groups in total. The summed E-state index contributed by atoms with van der Waals surface area (Å²) < 4.78 is 46.9. The molecule has 146 valence electrons. The number of nitrogens with zero attached hydrogens (tertiary/aromatic N) is 2. The third-order valence-electron chi connectivity index (χ3n) is 5.96. The number of nitrogens with one attached hydrogen (secondary N) is 2. The van der Waals surface area contributed by atoms with Crippen molar-refractivity contribution >= 4 is 17.4 Å². The zero-order valence-corrected chi connectivity index (χ0v) is 15.3. The second-order valence-electron chi connectivity index (χ2n) is 7.72. The van der Waals surface area contributed by atoms with Crippen molar-refractivity contribution < 1.29 is 22.7 Å². The number of anilines is 1. The molecule has 1 saturated heterocycles. The normalized spacial score (nSPS) is 24.7. The number of hydrogen-bond donors (Lipinski definition) is 2. The highest BCUT2D eigenvalue weighted by Gasteiger charge is 2.45. The fourth-order valence-electron chi connectivity index (χ4n) is 3.89. The van der Waals surface area contributed by atoms with E-state index in [4.69, 9.17) is 4.74 Å². The smallest absolute Gasteiger partial charge is 0.416 e. The number of halogens is 3. The average Bonchev–Trinajstić information content (AvgIpc) is 2.59. The van der Waals surface area contributed by atoms with E-state index in [1.807, 2.05) is 13.8 Å². The van der Waals surface area contributed by atoms with Crippen LogP contribution in [0.3, 0.4) is 0 Å². The lowest BCUT2D eigenvalue weighted by Crippen LogP contribution is -2.56. The van der Waals surface area contributed by atoms with E-state index in [0.29, 0.717) is 24.6 Å². The molecule has 1 aromatic carbocycles. The maximum atomic E-state index is 13.8. The number of ether oxygens (including phenoxy) is 1. The first-order chi connectivity index (χ1) is 12.6. The van der Waals surface area contributed by atoms with Gasteiger partial charge in [0.15, 0.2) is 5.84 Å². The lowest BCUT2D eigenvalue weighted by molar-refractivity contribution is -0.138. The van der Waals surface area contributed by atoms with Crippen LogP contribution in [-0.2, 0) is 11.0 Å². The summed E-state index contributed by atoms with van der Waals surface area (Å²) in [5.41, 5.74) is 2.14. The third-order valence-corrected chi connectivity index (χ3v) is 5.96. The molecule has 4 rings (SSSR count). The molecule has 9 heteroatoms. The molecule has 0 spiro atoms. The SMILES string of the molecule is CC1C(=O)NN=C2COc3cc(C(F)(F)F)c([C@@H](C)C4(C)CNC4)cc3N21. The highest BCUT2D eigenvalue weighted by atomic mass is 19.4. The number of benzene rings is 1. The predicted octanol–water partition coefficient (Wildman–Crippen LogP) is 2.45. The highest BCUT2D eigenvalue weighted by molar-refractivity contribution is 6.09. The van der Waals surface area contributed by atoms with Crippen molar-refractivity contribution in [3.63, 3.8) is 0 Å². The third kappa shape index (κ3) is 2.75. The van der Waals surface area contributed by atoms with E-state index in [0.717, 1.165) is 6.07 Å². The van der Waals surface area contributed by atoms with Crippen LogP contribution in [0.25, 0.3) is 0 Å². The van der Waals surface area contributed by atoms with Gasteiger partial charge in [-0.3, -0.25) is 4.79 Å². The molecule has 3 aliphatic heterocycles. The Morgan fingerprint density at radius 1 is 1.37 bits per heavy atom. The summed E-state index contributed by atoms with van der Waals surface area (Å²) in [6.45, 7) is 6.82. The van der Waals surface area contributed by atoms with Gasteiger partial charge >= 0.3 is 6.18 Å². The number of rotatable bonds is 2. The fraction of sp³-hybridized carbons (Fsp3) is 0.556. The second kappa shape index (κ2) is 5.85. The Morgan fingerprint density at radius 2 is 2.07 bits per heavy atom. The molecule has 0 radical (unpaired) electrons. The molecule has 0 aromatic heterocycles. The summed E-state index contributed by atoms with van der Waals surface area (Å²) in [6, 6.07) is 2.00. The number of carbonyl (C=O) groups is 1. The Kier molecular flexibility index (Phi) is 3.92. The number of hydrazone groups is 1. The Bertz CT molecular complexity index is 833. The van der Waals surface area contributed by atoms with Crippen molar-refractivity contribution in [1.82, 2.24) is 10.7 Å². The number of alkyl halides is 3. The second-order valence-corrected chi connectivity index (χ2v) is 7.72. The van der Waals surface area contributed by atoms with Gasteiger partial charge in [0.2, 0.25) is 0 Å². The summed E-state index contributed by atoms with van der Waals surface area (Å²) >= 11 is 0. The van der Waals surface area contributed by atoms with E-state index >= 15 is 0 Å². The quantitative estimate of drug-likeness (QED) is 0.825. The van der Waals surface area contributed by atoms with Crippen LogP contribution >= 0.6 is 0 Å². The van der Waals surface area contributed by atoms with Crippen LogP contribution in [-0.4, -0.2) is 37.5 Å². The maximum absolute atomic E-state index is 13.8. The van der Waals surface area contributed by atoms with Crippen LogP contribution in [0.4, 0.5) is 18.9 Å². The minimum atomic E-state index is -4.49. The average molecular weight is 382 g/mol. The van der Waals surface area contributed by atoms with Crippen molar-refractivity contribution in [2.75, 3.05) is 24.6 Å². The van der Waals surface area contributed by atoms with Gasteiger partial charge in [-0.05, 0) is 36.0 Å². The van der Waals surface area contributed by atoms with Gasteiger partial charge in [-0.1, -0.05) is 13.8 Å². The minimum Gasteiger partial charge on any atom is -0.483 e. The van der Waals surface area contributed by atoms with Gasteiger partial charge in [0, 0.05) is 13.1 Å². The molecule has 0 aliphatic carbocycles. The monoisotopic (exact) mass is 382 g/mol. The maximum Gasteiger partial charge on any atom is 0.416 e. The van der Waals surface area contributed by atoms with Gasteiger partial charge in [0.25, 0.3) is 5.91 Å². The van der Waals surface area contributed by atoms with E-state index < -0.39 is 17.8 Å². The van der Waals surface area contributed by atoms with Crippen molar-refractivity contribution in [2.45, 2.75) is 38.9 Å². The number of amides is 1. The molecular formula is C18H21F3N4O2. The summed E-state index contributed by atoms with van der Waals surface area (Å²) in [5, 5.41) is 7.13. The van der Waals surface area contributed by atoms with Crippen LogP contribution < -0.4 is 20.4 Å². The first-order valence-electron chi connectivity index (χ1n) is 8.86. The van der Waals surface area contributed by atoms with Crippen molar-refractivity contribution in [3.05, 3.63) is 23.3 Å². The fourth-order valence-corrected chi connectivity index (χ4v) is 3.89. The molecular weight excluding hydrogens is 361 g/mol. The summed E-state index contributed by atoms with van der Waals surface area (Å²) in [7, 11) is 0. The summed E-state index contributed by atoms with van der Waals surface area (Å²) in [6.07, 6.45) is -4.49. The molecule has 3 aliphatic rings. The first kappa shape index (κ1) is 18.1. The van der Waals surface area contributed by atoms with Crippen LogP contribution in [0.5, 0.6) is 5.75 Å². The molecule has 1 amide bonds. The number of fused-ring (bicyclic) bond motifs is 3. The topological polar surface area (TPSA) is 66.0 Å². The van der Waals surface area contributed by atoms with E-state index in [9.17, 15) is 18.0 Å². The van der Waals surface area contributed by atoms with E-state index in [-0.39, 0.29) is 35.2 Å². The largest absolute Gasteiger partial charge is 0.483 e. The predicted molar refractivity (Wildman–Crippen MR) is 93.8 cm³/mol. The van der Waals surface area contributed by atoms with E-state index in [1.165, 1.54) is 6.07 Å². The Morgan fingerprint density at radius 3 is 2.67 bits per heavy atom. The Balaban J connectivity index is 1.87. The Hall–Kier alpha value is -2.29. The van der Waals surface area contributed by atoms with Crippen LogP contribution in [0, 0.1) is 5.41 Å². The van der Waals surface area contributed by atoms with Gasteiger partial charge in [-0.2, -0.15) is 18.3 Å². The number of hydrogen-bond acceptors (Lipinski definition) is 5. The number of carbonyl (C=O) groups excluding carboxylic acids is 1. The molecule has 6 nitrogen and oxygen atoms in total. The number of amidine groups is 1. The minimum absolute atomic E-state index is 0.00541. The van der Waals surface area contributed by atoms with Crippen LogP contribution in [0.15, 0.2) is 17.2 Å². The van der Waals surface area contributed by atoms with Gasteiger partial charge < -0.3 is 15.0 Å². The summed E-state index contributed by atoms with van der Waals surface area (Å²) in [4.78, 5) is 13.7. The van der Waals surface area contributed by atoms with Crippen molar-refractivity contribution in [3.8, 4) is 5.75 Å². The van der Waals surface area contributed by atoms with Gasteiger partial charge in [-0.25, -0.2) is 5.43 Å². The van der Waals surface area contributed by atoms with Crippen molar-refractivity contribution in [1.29, 1.82) is 0 Å². The zero-order chi connectivity index (χ0) is 19.6. The molecule has 1 unspecified atom stereocenters. The zero-order valence-electron chi connectivity index (χ0n) is 15.3. The Labute approximate surface area is 154 Å². The van der Waals surface area contributed by atoms with Gasteiger partial charge in [0.05, 0.1) is 11.3 Å². The van der Waals surface area contributed by atoms with E-state index in [2.05, 4.69) is 15.8 Å². The molecule has 1 aromatic rings. The van der Waals surface area contributed by atoms with Crippen LogP contribution in [0.2, 0.25) is 0 Å². The molecule has 27 heavy (non-hydrogen) atoms. The highest BCUT2D eigenvalue weighted by Crippen LogP contribution is 2.48. The van der Waals surface area contributed by atoms with Gasteiger partial charge in [0.1, 0.15) is 18.4 Å². The van der Waals surface area contributed by atoms with E-state index in [1.54, 1.807) is 11.8 Å². The van der Waals surface area contributed by atoms with Gasteiger partial charge in [-0.15, -0.1) is 0 Å². The lowest BCUT2D eigenvalue weighted by Gasteiger charge is -2.46. The molecule has 3 heterocycles. The molecule has 1 fully saturated rings. The lowest BCUT2D eigenvalue weighted by atomic mass is 9.69. The molecule has 0 bridgehead atoms. The summed E-state index contributed by atoms with van der Waals surface area (Å²) in [5.74, 6) is -0.0340.